The van der Waals surface area contributed by atoms with Crippen LogP contribution >= 0.6 is 0 Å². The number of carbonyl (C=O) groups excluding carboxylic acids is 5. The second kappa shape index (κ2) is 44.9. The van der Waals surface area contributed by atoms with Crippen LogP contribution in [0.2, 0.25) is 0 Å². The van der Waals surface area contributed by atoms with Crippen molar-refractivity contribution in [2.24, 2.45) is 0 Å². The summed E-state index contributed by atoms with van der Waals surface area (Å²) in [6.07, 6.45) is -93.1. The van der Waals surface area contributed by atoms with E-state index < -0.39 is 396 Å². The van der Waals surface area contributed by atoms with Crippen LogP contribution in [0.25, 0.3) is 0 Å². The van der Waals surface area contributed by atoms with E-state index in [0.717, 1.165) is 34.6 Å². The Hall–Kier alpha value is -4.45. The number of hydrogen-bond donors (Lipinski definition) is 31. The molecule has 50 atom stereocenters. The summed E-state index contributed by atoms with van der Waals surface area (Å²) < 4.78 is 114. The highest BCUT2D eigenvalue weighted by molar-refractivity contribution is 5.75. The molecule has 0 aromatic carbocycles. The third-order valence-electron chi connectivity index (χ3n) is 22.8. The number of carbonyl (C=O) groups is 5. The maximum Gasteiger partial charge on any atom is 0.217 e. The summed E-state index contributed by atoms with van der Waals surface area (Å²) in [6.45, 7) is -3.87. The Morgan fingerprint density at radius 3 is 0.984 bits per heavy atom. The number of rotatable bonds is 32. The van der Waals surface area contributed by atoms with Crippen molar-refractivity contribution >= 4 is 29.5 Å². The minimum Gasteiger partial charge on any atom is -0.394 e. The lowest BCUT2D eigenvalue weighted by molar-refractivity contribution is -0.398. The third kappa shape index (κ3) is 23.1. The molecule has 0 radical (unpaired) electrons. The summed E-state index contributed by atoms with van der Waals surface area (Å²) in [6, 6.07) is -9.46. The van der Waals surface area contributed by atoms with E-state index in [-0.39, 0.29) is 0 Å². The van der Waals surface area contributed by atoms with Crippen molar-refractivity contribution < 1.29 is 247 Å². The van der Waals surface area contributed by atoms with Gasteiger partial charge >= 0.3 is 0 Å². The fourth-order valence-corrected chi connectivity index (χ4v) is 16.2. The SMILES string of the molecule is CC(=O)N[C@@H]1[C@@H](O)[C@H](O[C@@H]2O[C@H](CO)[C@@H](O[C@@H]3O[C@H](CO[C@H]4O[C@H](CO)[C@@H](O)[C@H](O)[C@@H]4O[C@@H]4O[C@H](CO)[C@@H](O)[C@H](O)[C@H]4NC(C)=O)[C@@H](O)[C@H](O[C@H]4O[C@H](CO)[C@@H](O)[C@H](O)[C@@H]4O[C@@H]4O[C@H](CO)[C@@H](O[C@@H]5O[C@H](CO)[C@H](O)[C@H](O[C@@H]6O[C@H](CO)[C@H](O)[C@H](O)[C@H]6O)[C@H]5NC(C)=O)[C@H](O)[C@H]4NC(C)=O)[C@@H]3O)[C@H](O)[C@H]2NC(C)=O)[C@@H](CO[C@@H]2O[C@@H](C)[C@@H](O)[C@@H](O)[C@@H]2O)O[C@H]1O. The Bertz CT molecular complexity index is 3420. The maximum atomic E-state index is 13.3. The Labute approximate surface area is 708 Å². The fourth-order valence-electron chi connectivity index (χ4n) is 16.2. The molecule has 125 heavy (non-hydrogen) atoms. The van der Waals surface area contributed by atoms with Crippen molar-refractivity contribution in [3.8, 4) is 0 Å². The van der Waals surface area contributed by atoms with E-state index in [1.807, 2.05) is 0 Å². The lowest BCUT2D eigenvalue weighted by Gasteiger charge is -2.51. The molecule has 10 aliphatic rings. The van der Waals surface area contributed by atoms with Gasteiger partial charge in [-0.2, -0.15) is 0 Å². The summed E-state index contributed by atoms with van der Waals surface area (Å²) in [5.41, 5.74) is 0. The third-order valence-corrected chi connectivity index (χ3v) is 22.8. The Morgan fingerprint density at radius 1 is 0.224 bits per heavy atom. The topological polar surface area (TPSA) is 847 Å². The van der Waals surface area contributed by atoms with Gasteiger partial charge in [-0.1, -0.05) is 0 Å². The van der Waals surface area contributed by atoms with Gasteiger partial charge in [-0.25, -0.2) is 0 Å². The van der Waals surface area contributed by atoms with Gasteiger partial charge in [0.05, 0.1) is 65.6 Å². The van der Waals surface area contributed by atoms with Crippen molar-refractivity contribution in [3.63, 3.8) is 0 Å². The number of aliphatic hydroxyl groups excluding tert-OH is 26. The van der Waals surface area contributed by atoms with Crippen molar-refractivity contribution in [3.05, 3.63) is 0 Å². The Balaban J connectivity index is 0.982. The maximum absolute atomic E-state index is 13.3. The number of nitrogens with one attached hydrogen (secondary N) is 5. The zero-order valence-corrected chi connectivity index (χ0v) is 67.7. The number of hydrogen-bond acceptors (Lipinski definition) is 50. The van der Waals surface area contributed by atoms with Gasteiger partial charge in [0.1, 0.15) is 238 Å². The molecule has 0 aromatic heterocycles. The molecule has 722 valence electrons. The van der Waals surface area contributed by atoms with Crippen LogP contribution in [0, 0.1) is 0 Å². The summed E-state index contributed by atoms with van der Waals surface area (Å²) in [7, 11) is 0. The summed E-state index contributed by atoms with van der Waals surface area (Å²) in [5.74, 6) is -4.63. The molecule has 31 N–H and O–H groups in total. The summed E-state index contributed by atoms with van der Waals surface area (Å²) >= 11 is 0. The first-order chi connectivity index (χ1) is 59.1. The van der Waals surface area contributed by atoms with Crippen molar-refractivity contribution in [1.29, 1.82) is 0 Å². The van der Waals surface area contributed by atoms with Gasteiger partial charge in [0, 0.05) is 34.6 Å². The summed E-state index contributed by atoms with van der Waals surface area (Å²) in [5, 5.41) is 303. The minimum absolute atomic E-state index is 0.845. The highest BCUT2D eigenvalue weighted by Gasteiger charge is 2.62. The molecule has 0 aliphatic carbocycles. The first-order valence-electron chi connectivity index (χ1n) is 40.0. The van der Waals surface area contributed by atoms with E-state index in [4.69, 9.17) is 90.0 Å². The van der Waals surface area contributed by atoms with Crippen molar-refractivity contribution in [2.45, 2.75) is 348 Å². The average Bonchev–Trinajstić information content (AvgIpc) is 0.768. The smallest absolute Gasteiger partial charge is 0.217 e. The van der Waals surface area contributed by atoms with E-state index in [1.54, 1.807) is 0 Å². The summed E-state index contributed by atoms with van der Waals surface area (Å²) in [4.78, 5) is 64.5. The monoisotopic (exact) mass is 1830 g/mol. The van der Waals surface area contributed by atoms with Gasteiger partial charge in [0.25, 0.3) is 0 Å². The average molecular weight is 1830 g/mol. The molecule has 55 nitrogen and oxygen atoms in total. The van der Waals surface area contributed by atoms with Crippen LogP contribution in [0.5, 0.6) is 0 Å². The highest BCUT2D eigenvalue weighted by Crippen LogP contribution is 2.41. The molecule has 10 fully saturated rings. The Morgan fingerprint density at radius 2 is 0.512 bits per heavy atom. The van der Waals surface area contributed by atoms with Crippen molar-refractivity contribution in [1.82, 2.24) is 26.6 Å². The predicted molar refractivity (Wildman–Crippen MR) is 386 cm³/mol. The minimum atomic E-state index is -2.63. The zero-order chi connectivity index (χ0) is 92.1. The molecule has 0 unspecified atom stereocenters. The second-order valence-corrected chi connectivity index (χ2v) is 31.7. The molecule has 10 rings (SSSR count). The molecule has 0 bridgehead atoms. The lowest BCUT2D eigenvalue weighted by atomic mass is 9.93. The molecule has 55 heteroatoms. The van der Waals surface area contributed by atoms with Gasteiger partial charge in [-0.3, -0.25) is 24.0 Å². The first kappa shape index (κ1) is 103. The van der Waals surface area contributed by atoms with Crippen LogP contribution in [0.4, 0.5) is 0 Å². The normalized spacial score (nSPS) is 48.7. The molecule has 10 saturated heterocycles. The van der Waals surface area contributed by atoms with E-state index in [2.05, 4.69) is 26.6 Å². The zero-order valence-electron chi connectivity index (χ0n) is 67.7. The quantitative estimate of drug-likeness (QED) is 0.0297. The highest BCUT2D eigenvalue weighted by atomic mass is 16.8. The van der Waals surface area contributed by atoms with Gasteiger partial charge in [-0.15, -0.1) is 0 Å². The number of amides is 5. The first-order valence-corrected chi connectivity index (χ1v) is 40.0. The molecule has 10 heterocycles. The fraction of sp³-hybridized carbons (Fsp3) is 0.929. The van der Waals surface area contributed by atoms with Crippen LogP contribution in [-0.2, 0) is 114 Å². The standard InChI is InChI=1S/C70H117N5O50/c1-16-36(88)47(99)51(103)66(109-16)107-15-30-56(44(96)31(61(106)110-30)71-17(2)83)120-63-33(73-19(4)85)46(98)55(28(13-82)116-63)121-68-53(105)58(42(94)29(118-68)14-108-69-59(49(101)39(91)24(9-78)114-69)124-62-32(72-18(3)84)43(95)37(89)22(7-76)111-62)123-70-60(50(102)40(92)25(10-79)115-70)125-64-34(74-20(5)86)45(97)54(27(12-81)117-64)119-65-35(75-21(6)87)57(41(93)26(11-80)112-65)122-67-52(104)48(100)38(90)23(8-77)113-67/h16,22-70,76-82,88-106H,7-15H2,1-6H3,(H,71,83)(H,72,84)(H,73,85)(H,74,86)(H,75,87)/t16-,22+,23+,24+,25+,26+,27+,28+,29+,30+,31+,32+,33+,34+,35+,36+,37+,38-,39+,40+,41-,42+,43+,44+,45+,46+,47+,48-,49-,50-,51-,52+,53-,54+,55+,56+,57+,58-,59-,60-,61+,62-,63-,64-,65-,66+,67-,68-,69-,70+/m0/s1. The molecule has 0 spiro atoms. The van der Waals surface area contributed by atoms with Gasteiger partial charge in [0.15, 0.2) is 62.9 Å². The molecule has 5 amide bonds. The molecule has 0 aromatic rings. The molecule has 0 saturated carbocycles. The van der Waals surface area contributed by atoms with Gasteiger partial charge in [0.2, 0.25) is 29.5 Å². The van der Waals surface area contributed by atoms with Crippen LogP contribution in [0.1, 0.15) is 41.5 Å². The predicted octanol–water partition coefficient (Wildman–Crippen LogP) is -21.1. The lowest BCUT2D eigenvalue weighted by Crippen LogP contribution is -2.71. The van der Waals surface area contributed by atoms with Crippen LogP contribution in [0.3, 0.4) is 0 Å². The van der Waals surface area contributed by atoms with Crippen LogP contribution in [0.15, 0.2) is 0 Å². The number of ether oxygens (including phenoxy) is 19. The molecular weight excluding hydrogens is 1710 g/mol. The van der Waals surface area contributed by atoms with E-state index in [0.29, 0.717) is 0 Å². The van der Waals surface area contributed by atoms with Gasteiger partial charge in [-0.05, 0) is 6.92 Å². The molecule has 10 aliphatic heterocycles. The molecular formula is C70H117N5O50. The van der Waals surface area contributed by atoms with E-state index in [9.17, 15) is 157 Å². The van der Waals surface area contributed by atoms with E-state index >= 15 is 0 Å². The van der Waals surface area contributed by atoms with Crippen LogP contribution < -0.4 is 26.6 Å². The van der Waals surface area contributed by atoms with E-state index in [1.165, 1.54) is 6.92 Å². The van der Waals surface area contributed by atoms with Gasteiger partial charge < -0.3 is 249 Å². The van der Waals surface area contributed by atoms with Crippen LogP contribution in [-0.4, -0.2) is 529 Å². The van der Waals surface area contributed by atoms with Crippen molar-refractivity contribution in [2.75, 3.05) is 59.5 Å². The number of aliphatic hydroxyl groups is 26. The second-order valence-electron chi connectivity index (χ2n) is 31.7. The largest absolute Gasteiger partial charge is 0.394 e. The Kier molecular flexibility index (Phi) is 36.8.